The van der Waals surface area contributed by atoms with Crippen LogP contribution < -0.4 is 15.9 Å². The van der Waals surface area contributed by atoms with Crippen molar-refractivity contribution in [3.63, 3.8) is 0 Å². The van der Waals surface area contributed by atoms with Gasteiger partial charge in [-0.3, -0.25) is 4.79 Å². The van der Waals surface area contributed by atoms with E-state index in [4.69, 9.17) is 0 Å². The fourth-order valence-corrected chi connectivity index (χ4v) is 8.41. The third-order valence-electron chi connectivity index (χ3n) is 6.15. The summed E-state index contributed by atoms with van der Waals surface area (Å²) in [5, 5.41) is 3.49. The number of hydrogen-bond acceptors (Lipinski definition) is 1. The molecule has 0 saturated carbocycles. The quantitative estimate of drug-likeness (QED) is 0.168. The Kier molecular flexibility index (Phi) is 6.95. The first-order valence-corrected chi connectivity index (χ1v) is 14.1. The summed E-state index contributed by atoms with van der Waals surface area (Å²) >= 11 is 3.49. The zero-order valence-corrected chi connectivity index (χ0v) is 21.6. The molecular weight excluding hydrogens is 511 g/mol. The molecule has 170 valence electrons. The molecule has 0 unspecified atom stereocenters. The van der Waals surface area contributed by atoms with Crippen LogP contribution in [0.15, 0.2) is 144 Å². The van der Waals surface area contributed by atoms with E-state index in [-0.39, 0.29) is 5.78 Å². The first kappa shape index (κ1) is 23.3. The van der Waals surface area contributed by atoms with Crippen LogP contribution in [0.1, 0.15) is 10.4 Å². The molecule has 0 N–H and O–H groups in total. The lowest BCUT2D eigenvalue weighted by atomic mass is 10.0. The van der Waals surface area contributed by atoms with Gasteiger partial charge < -0.3 is 0 Å². The molecule has 35 heavy (non-hydrogen) atoms. The van der Waals surface area contributed by atoms with Gasteiger partial charge in [0.05, 0.1) is 0 Å². The predicted octanol–water partition coefficient (Wildman–Crippen LogP) is 7.10. The van der Waals surface area contributed by atoms with Crippen LogP contribution in [0.25, 0.3) is 11.1 Å². The SMILES string of the molecule is O=C(C=P(c1ccccc1)(c1ccccc1)c1ccccc1)c1ccc(-c2ccc(Br)cc2)cc1. The lowest BCUT2D eigenvalue weighted by Crippen LogP contribution is -2.28. The van der Waals surface area contributed by atoms with Crippen LogP contribution >= 0.6 is 22.8 Å². The van der Waals surface area contributed by atoms with Gasteiger partial charge in [0, 0.05) is 10.0 Å². The van der Waals surface area contributed by atoms with Crippen molar-refractivity contribution in [3.8, 4) is 11.1 Å². The van der Waals surface area contributed by atoms with E-state index in [0.29, 0.717) is 5.56 Å². The van der Waals surface area contributed by atoms with E-state index < -0.39 is 6.89 Å². The molecule has 5 aromatic rings. The number of carbonyl (C=O) groups excluding carboxylic acids is 1. The first-order valence-electron chi connectivity index (χ1n) is 11.5. The second-order valence-electron chi connectivity index (χ2n) is 8.31. The summed E-state index contributed by atoms with van der Waals surface area (Å²) in [4.78, 5) is 13.8. The summed E-state index contributed by atoms with van der Waals surface area (Å²) in [6.07, 6.45) is 0. The Morgan fingerprint density at radius 3 is 1.29 bits per heavy atom. The van der Waals surface area contributed by atoms with Gasteiger partial charge in [0.25, 0.3) is 0 Å². The van der Waals surface area contributed by atoms with Crippen LogP contribution in [0.3, 0.4) is 0 Å². The molecule has 0 amide bonds. The topological polar surface area (TPSA) is 17.1 Å². The molecule has 0 bridgehead atoms. The Balaban J connectivity index is 1.67. The molecule has 0 spiro atoms. The molecular formula is C32H24BrOP. The van der Waals surface area contributed by atoms with E-state index in [1.165, 1.54) is 0 Å². The van der Waals surface area contributed by atoms with E-state index in [9.17, 15) is 4.79 Å². The predicted molar refractivity (Wildman–Crippen MR) is 155 cm³/mol. The van der Waals surface area contributed by atoms with Crippen molar-refractivity contribution >= 4 is 50.3 Å². The number of rotatable bonds is 6. The molecule has 0 aliphatic rings. The van der Waals surface area contributed by atoms with Crippen LogP contribution in [-0.2, 0) is 0 Å². The fourth-order valence-electron chi connectivity index (χ4n) is 4.38. The molecule has 1 nitrogen and oxygen atoms in total. The highest BCUT2D eigenvalue weighted by atomic mass is 79.9. The summed E-state index contributed by atoms with van der Waals surface area (Å²) in [5.41, 5.74) is 2.90. The second kappa shape index (κ2) is 10.4. The lowest BCUT2D eigenvalue weighted by Gasteiger charge is -2.28. The molecule has 0 aromatic heterocycles. The summed E-state index contributed by atoms with van der Waals surface area (Å²) in [6.45, 7) is -2.33. The normalized spacial score (nSPS) is 11.1. The summed E-state index contributed by atoms with van der Waals surface area (Å²) in [7, 11) is 0. The van der Waals surface area contributed by atoms with E-state index in [2.05, 4.69) is 101 Å². The van der Waals surface area contributed by atoms with Crippen molar-refractivity contribution in [3.05, 3.63) is 150 Å². The zero-order valence-electron chi connectivity index (χ0n) is 19.1. The second-order valence-corrected chi connectivity index (χ2v) is 12.5. The highest BCUT2D eigenvalue weighted by Gasteiger charge is 2.26. The molecule has 0 fully saturated rings. The number of halogens is 1. The maximum atomic E-state index is 13.8. The Bertz CT molecular complexity index is 1370. The van der Waals surface area contributed by atoms with E-state index in [1.54, 1.807) is 0 Å². The molecule has 0 atom stereocenters. The van der Waals surface area contributed by atoms with Gasteiger partial charge in [-0.2, -0.15) is 0 Å². The molecule has 5 rings (SSSR count). The van der Waals surface area contributed by atoms with E-state index in [1.807, 2.05) is 60.4 Å². The summed E-state index contributed by atoms with van der Waals surface area (Å²) in [5.74, 6) is 2.03. The van der Waals surface area contributed by atoms with Crippen LogP contribution in [0.5, 0.6) is 0 Å². The highest BCUT2D eigenvalue weighted by molar-refractivity contribution is 9.10. The molecule has 0 aliphatic carbocycles. The van der Waals surface area contributed by atoms with Gasteiger partial charge in [-0.25, -0.2) is 0 Å². The van der Waals surface area contributed by atoms with Crippen LogP contribution in [-0.4, -0.2) is 11.6 Å². The van der Waals surface area contributed by atoms with Crippen molar-refractivity contribution in [2.75, 3.05) is 0 Å². The Morgan fingerprint density at radius 1 is 0.514 bits per heavy atom. The maximum absolute atomic E-state index is 13.8. The minimum Gasteiger partial charge on any atom is -0.289 e. The Hall–Kier alpha value is -3.45. The van der Waals surface area contributed by atoms with Crippen LogP contribution in [0, 0.1) is 0 Å². The van der Waals surface area contributed by atoms with Gasteiger partial charge in [-0.1, -0.05) is 143 Å². The molecule has 0 heterocycles. The van der Waals surface area contributed by atoms with Crippen molar-refractivity contribution in [1.29, 1.82) is 0 Å². The standard InChI is InChI=1S/C32H24BrOP/c33-28-22-20-26(21-23-28)25-16-18-27(19-17-25)32(34)24-35(29-10-4-1-5-11-29,30-12-6-2-7-13-30)31-14-8-3-9-15-31/h1-24H. The molecule has 3 heteroatoms. The third kappa shape index (κ3) is 4.86. The van der Waals surface area contributed by atoms with Crippen molar-refractivity contribution in [2.24, 2.45) is 0 Å². The van der Waals surface area contributed by atoms with Crippen molar-refractivity contribution in [2.45, 2.75) is 0 Å². The number of benzene rings is 5. The number of carbonyl (C=O) groups is 1. The average Bonchev–Trinajstić information content (AvgIpc) is 2.93. The van der Waals surface area contributed by atoms with Crippen molar-refractivity contribution in [1.82, 2.24) is 0 Å². The van der Waals surface area contributed by atoms with Crippen molar-refractivity contribution < 1.29 is 4.79 Å². The van der Waals surface area contributed by atoms with Crippen LogP contribution in [0.4, 0.5) is 0 Å². The Labute approximate surface area is 215 Å². The van der Waals surface area contributed by atoms with Gasteiger partial charge in [0.2, 0.25) is 0 Å². The molecule has 5 aromatic carbocycles. The van der Waals surface area contributed by atoms with E-state index in [0.717, 1.165) is 31.5 Å². The monoisotopic (exact) mass is 534 g/mol. The number of Topliss-reactive ketones (excluding diaryl/α,β-unsaturated/α-hetero) is 1. The fraction of sp³-hybridized carbons (Fsp3) is 0. The first-order chi connectivity index (χ1) is 17.2. The number of ketones is 1. The minimum atomic E-state index is -2.33. The van der Waals surface area contributed by atoms with Gasteiger partial charge in [-0.15, -0.1) is 0 Å². The van der Waals surface area contributed by atoms with Gasteiger partial charge in [0.1, 0.15) is 0 Å². The largest absolute Gasteiger partial charge is 0.289 e. The minimum absolute atomic E-state index is 0.0391. The smallest absolute Gasteiger partial charge is 0.186 e. The van der Waals surface area contributed by atoms with Gasteiger partial charge in [0.15, 0.2) is 5.78 Å². The van der Waals surface area contributed by atoms with Gasteiger partial charge in [-0.05, 0) is 51.9 Å². The average molecular weight is 535 g/mol. The molecule has 0 radical (unpaired) electrons. The number of hydrogen-bond donors (Lipinski definition) is 0. The zero-order chi connectivity index (χ0) is 24.1. The van der Waals surface area contributed by atoms with Gasteiger partial charge >= 0.3 is 0 Å². The lowest BCUT2D eigenvalue weighted by molar-refractivity contribution is 0.107. The highest BCUT2D eigenvalue weighted by Crippen LogP contribution is 2.43. The molecule has 0 aliphatic heterocycles. The summed E-state index contributed by atoms with van der Waals surface area (Å²) in [6, 6.07) is 47.4. The van der Waals surface area contributed by atoms with Crippen LogP contribution in [0.2, 0.25) is 0 Å². The third-order valence-corrected chi connectivity index (χ3v) is 10.6. The van der Waals surface area contributed by atoms with E-state index >= 15 is 0 Å². The maximum Gasteiger partial charge on any atom is 0.186 e. The summed E-state index contributed by atoms with van der Waals surface area (Å²) < 4.78 is 1.05. The molecule has 0 saturated heterocycles. The Morgan fingerprint density at radius 2 is 0.886 bits per heavy atom.